The van der Waals surface area contributed by atoms with Crippen LogP contribution in [-0.4, -0.2) is 29.9 Å². The topological polar surface area (TPSA) is 46.3 Å². The number of nitrogens with two attached hydrogens (primary N) is 1. The van der Waals surface area contributed by atoms with Gasteiger partial charge in [-0.3, -0.25) is 4.79 Å². The van der Waals surface area contributed by atoms with E-state index in [2.05, 4.69) is 25.3 Å². The van der Waals surface area contributed by atoms with Crippen LogP contribution in [0.1, 0.15) is 54.3 Å². The van der Waals surface area contributed by atoms with Gasteiger partial charge in [-0.15, -0.1) is 11.3 Å². The molecule has 1 unspecified atom stereocenters. The van der Waals surface area contributed by atoms with E-state index < -0.39 is 0 Å². The van der Waals surface area contributed by atoms with E-state index in [1.54, 1.807) is 11.3 Å². The van der Waals surface area contributed by atoms with Gasteiger partial charge in [-0.05, 0) is 47.6 Å². The molecule has 1 saturated heterocycles. The molecule has 2 N–H and O–H groups in total. The zero-order chi connectivity index (χ0) is 13.6. The van der Waals surface area contributed by atoms with Crippen molar-refractivity contribution >= 4 is 17.2 Å². The highest BCUT2D eigenvalue weighted by Crippen LogP contribution is 2.43. The van der Waals surface area contributed by atoms with Crippen molar-refractivity contribution in [2.45, 2.75) is 45.1 Å². The second-order valence-corrected chi connectivity index (χ2v) is 7.51. The molecule has 0 radical (unpaired) electrons. The van der Waals surface area contributed by atoms with Crippen LogP contribution in [0.5, 0.6) is 0 Å². The molecule has 3 rings (SSSR count). The lowest BCUT2D eigenvalue weighted by Gasteiger charge is -2.42. The maximum absolute atomic E-state index is 12.7. The van der Waals surface area contributed by atoms with Crippen molar-refractivity contribution in [1.29, 1.82) is 0 Å². The fourth-order valence-electron chi connectivity index (χ4n) is 2.90. The third-order valence-electron chi connectivity index (χ3n) is 4.51. The van der Waals surface area contributed by atoms with Crippen molar-refractivity contribution in [1.82, 2.24) is 4.90 Å². The maximum Gasteiger partial charge on any atom is 0.264 e. The molecule has 2 fully saturated rings. The molecule has 1 aromatic rings. The first kappa shape index (κ1) is 13.1. The van der Waals surface area contributed by atoms with Gasteiger partial charge in [0.25, 0.3) is 5.91 Å². The van der Waals surface area contributed by atoms with Crippen molar-refractivity contribution in [3.05, 3.63) is 21.9 Å². The van der Waals surface area contributed by atoms with Gasteiger partial charge in [0.15, 0.2) is 0 Å². The minimum Gasteiger partial charge on any atom is -0.337 e. The number of amides is 1. The monoisotopic (exact) mass is 278 g/mol. The molecule has 19 heavy (non-hydrogen) atoms. The highest BCUT2D eigenvalue weighted by molar-refractivity contribution is 7.12. The Morgan fingerprint density at radius 2 is 2.16 bits per heavy atom. The fraction of sp³-hybridized carbons (Fsp3) is 0.667. The van der Waals surface area contributed by atoms with Crippen molar-refractivity contribution in [2.75, 3.05) is 13.1 Å². The summed E-state index contributed by atoms with van der Waals surface area (Å²) >= 11 is 1.60. The van der Waals surface area contributed by atoms with E-state index in [1.165, 1.54) is 18.4 Å². The predicted molar refractivity (Wildman–Crippen MR) is 78.6 cm³/mol. The molecule has 2 aliphatic rings. The fourth-order valence-corrected chi connectivity index (χ4v) is 3.85. The highest BCUT2D eigenvalue weighted by atomic mass is 32.1. The lowest BCUT2D eigenvalue weighted by molar-refractivity contribution is 0.0536. The van der Waals surface area contributed by atoms with Gasteiger partial charge in [0.1, 0.15) is 0 Å². The molecule has 3 nitrogen and oxygen atoms in total. The quantitative estimate of drug-likeness (QED) is 0.904. The Labute approximate surface area is 118 Å². The van der Waals surface area contributed by atoms with E-state index >= 15 is 0 Å². The first-order valence-corrected chi connectivity index (χ1v) is 7.99. The normalized spacial score (nSPS) is 26.5. The molecule has 1 saturated carbocycles. The number of hydrogen-bond acceptors (Lipinski definition) is 3. The number of thiophene rings is 1. The van der Waals surface area contributed by atoms with Crippen LogP contribution in [0, 0.1) is 5.41 Å². The van der Waals surface area contributed by atoms with Gasteiger partial charge in [0.2, 0.25) is 0 Å². The maximum atomic E-state index is 12.7. The number of hydrogen-bond donors (Lipinski definition) is 1. The Balaban J connectivity index is 1.78. The van der Waals surface area contributed by atoms with Crippen LogP contribution in [0.3, 0.4) is 0 Å². The Hall–Kier alpha value is -0.870. The van der Waals surface area contributed by atoms with Crippen LogP contribution in [0.25, 0.3) is 0 Å². The Morgan fingerprint density at radius 1 is 1.42 bits per heavy atom. The number of rotatable bonds is 2. The molecule has 2 heterocycles. The molecular weight excluding hydrogens is 256 g/mol. The van der Waals surface area contributed by atoms with Gasteiger partial charge in [-0.25, -0.2) is 0 Å². The lowest BCUT2D eigenvalue weighted by Crippen LogP contribution is -2.53. The summed E-state index contributed by atoms with van der Waals surface area (Å²) in [4.78, 5) is 15.7. The standard InChI is InChI=1S/C15H22N2OS/c1-15(2)9-17(7-5-12(15)16)14(18)13-11(6-8-19-13)10-3-4-10/h6,8,10,12H,3-5,7,9,16H2,1-2H3. The molecule has 1 atom stereocenters. The third-order valence-corrected chi connectivity index (χ3v) is 5.42. The van der Waals surface area contributed by atoms with Crippen LogP contribution < -0.4 is 5.73 Å². The minimum atomic E-state index is 0.0188. The van der Waals surface area contributed by atoms with E-state index in [0.717, 1.165) is 24.4 Å². The van der Waals surface area contributed by atoms with Gasteiger partial charge < -0.3 is 10.6 Å². The molecule has 1 aliphatic carbocycles. The second-order valence-electron chi connectivity index (χ2n) is 6.59. The summed E-state index contributed by atoms with van der Waals surface area (Å²) in [5.41, 5.74) is 7.45. The summed E-state index contributed by atoms with van der Waals surface area (Å²) in [5.74, 6) is 0.863. The molecule has 1 aromatic heterocycles. The Bertz CT molecular complexity index is 490. The first-order chi connectivity index (χ1) is 8.99. The minimum absolute atomic E-state index is 0.0188. The van der Waals surface area contributed by atoms with Crippen molar-refractivity contribution in [2.24, 2.45) is 11.1 Å². The van der Waals surface area contributed by atoms with Crippen molar-refractivity contribution in [3.63, 3.8) is 0 Å². The van der Waals surface area contributed by atoms with E-state index in [9.17, 15) is 4.79 Å². The highest BCUT2D eigenvalue weighted by Gasteiger charge is 2.37. The van der Waals surface area contributed by atoms with E-state index in [1.807, 2.05) is 4.90 Å². The van der Waals surface area contributed by atoms with Crippen molar-refractivity contribution < 1.29 is 4.79 Å². The average molecular weight is 278 g/mol. The number of piperidine rings is 1. The van der Waals surface area contributed by atoms with Gasteiger partial charge >= 0.3 is 0 Å². The van der Waals surface area contributed by atoms with Crippen LogP contribution in [0.2, 0.25) is 0 Å². The number of nitrogens with zero attached hydrogens (tertiary/aromatic N) is 1. The summed E-state index contributed by atoms with van der Waals surface area (Å²) < 4.78 is 0. The smallest absolute Gasteiger partial charge is 0.264 e. The Morgan fingerprint density at radius 3 is 2.79 bits per heavy atom. The van der Waals surface area contributed by atoms with Gasteiger partial charge in [-0.2, -0.15) is 0 Å². The predicted octanol–water partition coefficient (Wildman–Crippen LogP) is 2.82. The number of likely N-dealkylation sites (tertiary alicyclic amines) is 1. The summed E-state index contributed by atoms with van der Waals surface area (Å²) in [6, 6.07) is 2.33. The summed E-state index contributed by atoms with van der Waals surface area (Å²) in [7, 11) is 0. The number of carbonyl (C=O) groups excluding carboxylic acids is 1. The van der Waals surface area contributed by atoms with Gasteiger partial charge in [0.05, 0.1) is 4.88 Å². The SMILES string of the molecule is CC1(C)CN(C(=O)c2sccc2C2CC2)CCC1N. The average Bonchev–Trinajstić information content (AvgIpc) is 3.09. The molecule has 0 spiro atoms. The molecule has 0 bridgehead atoms. The largest absolute Gasteiger partial charge is 0.337 e. The van der Waals surface area contributed by atoms with Crippen LogP contribution in [0.15, 0.2) is 11.4 Å². The molecule has 0 aromatic carbocycles. The lowest BCUT2D eigenvalue weighted by atomic mass is 9.79. The summed E-state index contributed by atoms with van der Waals surface area (Å²) in [5, 5.41) is 2.06. The zero-order valence-corrected chi connectivity index (χ0v) is 12.5. The number of carbonyl (C=O) groups is 1. The molecular formula is C15H22N2OS. The van der Waals surface area contributed by atoms with Crippen LogP contribution >= 0.6 is 11.3 Å². The summed E-state index contributed by atoms with van der Waals surface area (Å²) in [6.45, 7) is 5.89. The van der Waals surface area contributed by atoms with E-state index in [4.69, 9.17) is 5.73 Å². The molecule has 1 amide bonds. The van der Waals surface area contributed by atoms with Gasteiger partial charge in [0, 0.05) is 19.1 Å². The van der Waals surface area contributed by atoms with E-state index in [0.29, 0.717) is 5.92 Å². The first-order valence-electron chi connectivity index (χ1n) is 7.11. The summed E-state index contributed by atoms with van der Waals surface area (Å²) in [6.07, 6.45) is 3.39. The zero-order valence-electron chi connectivity index (χ0n) is 11.7. The van der Waals surface area contributed by atoms with Gasteiger partial charge in [-0.1, -0.05) is 13.8 Å². The Kier molecular flexibility index (Phi) is 3.18. The second kappa shape index (κ2) is 4.60. The van der Waals surface area contributed by atoms with Crippen LogP contribution in [-0.2, 0) is 0 Å². The van der Waals surface area contributed by atoms with E-state index in [-0.39, 0.29) is 17.4 Å². The molecule has 4 heteroatoms. The third kappa shape index (κ3) is 2.43. The molecule has 104 valence electrons. The van der Waals surface area contributed by atoms with Crippen molar-refractivity contribution in [3.8, 4) is 0 Å². The van der Waals surface area contributed by atoms with Crippen LogP contribution in [0.4, 0.5) is 0 Å². The molecule has 1 aliphatic heterocycles.